The Morgan fingerprint density at radius 3 is 2.71 bits per heavy atom. The Hall–Kier alpha value is -2.98. The Morgan fingerprint density at radius 1 is 1.21 bits per heavy atom. The monoisotopic (exact) mass is 322 g/mol. The maximum Gasteiger partial charge on any atom is 0.274 e. The molecule has 0 radical (unpaired) electrons. The van der Waals surface area contributed by atoms with E-state index < -0.39 is 0 Å². The number of anilines is 2. The van der Waals surface area contributed by atoms with E-state index in [0.717, 1.165) is 26.2 Å². The van der Waals surface area contributed by atoms with Crippen molar-refractivity contribution in [2.45, 2.75) is 0 Å². The van der Waals surface area contributed by atoms with Gasteiger partial charge in [0.25, 0.3) is 5.91 Å². The van der Waals surface area contributed by atoms with Crippen molar-refractivity contribution in [3.8, 4) is 6.07 Å². The van der Waals surface area contributed by atoms with Crippen molar-refractivity contribution in [3.63, 3.8) is 0 Å². The highest BCUT2D eigenvalue weighted by Crippen LogP contribution is 2.16. The van der Waals surface area contributed by atoms with Gasteiger partial charge in [0, 0.05) is 32.4 Å². The molecule has 2 heterocycles. The number of nitriles is 1. The summed E-state index contributed by atoms with van der Waals surface area (Å²) in [6.45, 7) is 3.54. The van der Waals surface area contributed by atoms with Crippen molar-refractivity contribution < 1.29 is 4.79 Å². The van der Waals surface area contributed by atoms with Crippen molar-refractivity contribution in [2.75, 3.05) is 43.4 Å². The largest absolute Gasteiger partial charge is 0.338 e. The van der Waals surface area contributed by atoms with E-state index in [-0.39, 0.29) is 11.6 Å². The zero-order valence-electron chi connectivity index (χ0n) is 13.4. The van der Waals surface area contributed by atoms with Crippen LogP contribution < -0.4 is 10.2 Å². The van der Waals surface area contributed by atoms with Gasteiger partial charge in [0.2, 0.25) is 5.95 Å². The summed E-state index contributed by atoms with van der Waals surface area (Å²) in [5.41, 5.74) is 1.18. The molecule has 0 saturated carbocycles. The molecule has 0 bridgehead atoms. The Kier molecular flexibility index (Phi) is 4.68. The summed E-state index contributed by atoms with van der Waals surface area (Å²) in [4.78, 5) is 25.4. The molecule has 1 fully saturated rings. The zero-order valence-corrected chi connectivity index (χ0v) is 13.4. The van der Waals surface area contributed by atoms with Crippen molar-refractivity contribution in [3.05, 3.63) is 47.8 Å². The minimum atomic E-state index is -0.351. The van der Waals surface area contributed by atoms with Crippen molar-refractivity contribution in [2.24, 2.45) is 0 Å². The number of carbonyl (C=O) groups is 1. The molecular weight excluding hydrogens is 304 g/mol. The van der Waals surface area contributed by atoms with Crippen LogP contribution in [-0.2, 0) is 0 Å². The van der Waals surface area contributed by atoms with Crippen LogP contribution in [0.25, 0.3) is 0 Å². The van der Waals surface area contributed by atoms with E-state index in [1.54, 1.807) is 36.5 Å². The highest BCUT2D eigenvalue weighted by atomic mass is 16.1. The number of benzene rings is 1. The van der Waals surface area contributed by atoms with Gasteiger partial charge in [-0.05, 0) is 25.2 Å². The number of amides is 1. The minimum Gasteiger partial charge on any atom is -0.338 e. The molecule has 0 atom stereocenters. The van der Waals surface area contributed by atoms with Gasteiger partial charge in [0.05, 0.1) is 11.3 Å². The van der Waals surface area contributed by atoms with Crippen LogP contribution in [0.4, 0.5) is 11.6 Å². The number of aromatic nitrogens is 2. The van der Waals surface area contributed by atoms with Crippen LogP contribution in [-0.4, -0.2) is 54.0 Å². The molecule has 1 aliphatic heterocycles. The Morgan fingerprint density at radius 2 is 1.96 bits per heavy atom. The fourth-order valence-corrected chi connectivity index (χ4v) is 2.51. The SMILES string of the molecule is CN1CCN(c2nccc(C(=O)Nc3ccccc3C#N)n2)CC1. The second kappa shape index (κ2) is 7.06. The van der Waals surface area contributed by atoms with Crippen molar-refractivity contribution >= 4 is 17.5 Å². The van der Waals surface area contributed by atoms with E-state index >= 15 is 0 Å². The van der Waals surface area contributed by atoms with Gasteiger partial charge in [-0.2, -0.15) is 5.26 Å². The number of nitrogens with one attached hydrogen (secondary N) is 1. The first-order valence-electron chi connectivity index (χ1n) is 7.74. The highest BCUT2D eigenvalue weighted by Gasteiger charge is 2.18. The Bertz CT molecular complexity index is 777. The number of rotatable bonds is 3. The van der Waals surface area contributed by atoms with E-state index in [2.05, 4.69) is 38.2 Å². The topological polar surface area (TPSA) is 85.1 Å². The molecule has 0 spiro atoms. The van der Waals surface area contributed by atoms with Crippen molar-refractivity contribution in [1.82, 2.24) is 14.9 Å². The molecule has 0 aliphatic carbocycles. The lowest BCUT2D eigenvalue weighted by atomic mass is 10.2. The molecule has 1 amide bonds. The standard InChI is InChI=1S/C17H18N6O/c1-22-8-10-23(11-9-22)17-19-7-6-15(21-17)16(24)20-14-5-3-2-4-13(14)12-18/h2-7H,8-11H2,1H3,(H,20,24). The molecule has 7 nitrogen and oxygen atoms in total. The van der Waals surface area contributed by atoms with Crippen molar-refractivity contribution in [1.29, 1.82) is 5.26 Å². The van der Waals surface area contributed by atoms with Gasteiger partial charge in [0.15, 0.2) is 0 Å². The van der Waals surface area contributed by atoms with Crippen LogP contribution in [0.3, 0.4) is 0 Å². The van der Waals surface area contributed by atoms with Crippen LogP contribution >= 0.6 is 0 Å². The van der Waals surface area contributed by atoms with Gasteiger partial charge in [-0.1, -0.05) is 12.1 Å². The predicted molar refractivity (Wildman–Crippen MR) is 90.9 cm³/mol. The number of carbonyl (C=O) groups excluding carboxylic acids is 1. The Balaban J connectivity index is 1.76. The van der Waals surface area contributed by atoms with Gasteiger partial charge in [-0.25, -0.2) is 9.97 Å². The predicted octanol–water partition coefficient (Wildman–Crippen LogP) is 1.35. The second-order valence-corrected chi connectivity index (χ2v) is 5.64. The van der Waals surface area contributed by atoms with Crippen LogP contribution in [0.2, 0.25) is 0 Å². The fraction of sp³-hybridized carbons (Fsp3) is 0.294. The van der Waals surface area contributed by atoms with Gasteiger partial charge >= 0.3 is 0 Å². The van der Waals surface area contributed by atoms with E-state index in [1.165, 1.54) is 0 Å². The normalized spacial score (nSPS) is 14.9. The van der Waals surface area contributed by atoms with Crippen LogP contribution in [0.5, 0.6) is 0 Å². The van der Waals surface area contributed by atoms with Crippen LogP contribution in [0.1, 0.15) is 16.1 Å². The van der Waals surface area contributed by atoms with Gasteiger partial charge in [-0.15, -0.1) is 0 Å². The third-order valence-corrected chi connectivity index (χ3v) is 3.96. The number of piperazine rings is 1. The molecule has 1 N–H and O–H groups in total. The summed E-state index contributed by atoms with van der Waals surface area (Å²) in [5, 5.41) is 11.8. The third kappa shape index (κ3) is 3.50. The number of likely N-dealkylation sites (N-methyl/N-ethyl adjacent to an activating group) is 1. The van der Waals surface area contributed by atoms with Crippen LogP contribution in [0, 0.1) is 11.3 Å². The molecule has 2 aromatic rings. The molecule has 24 heavy (non-hydrogen) atoms. The van der Waals surface area contributed by atoms with E-state index in [0.29, 0.717) is 17.2 Å². The summed E-state index contributed by atoms with van der Waals surface area (Å²) in [7, 11) is 2.08. The summed E-state index contributed by atoms with van der Waals surface area (Å²) in [6.07, 6.45) is 1.59. The zero-order chi connectivity index (χ0) is 16.9. The second-order valence-electron chi connectivity index (χ2n) is 5.64. The van der Waals surface area contributed by atoms with Gasteiger partial charge in [-0.3, -0.25) is 4.79 Å². The molecule has 1 aromatic heterocycles. The maximum absolute atomic E-state index is 12.4. The third-order valence-electron chi connectivity index (χ3n) is 3.96. The van der Waals surface area contributed by atoms with Crippen LogP contribution in [0.15, 0.2) is 36.5 Å². The van der Waals surface area contributed by atoms with Gasteiger partial charge in [0.1, 0.15) is 11.8 Å². The number of para-hydroxylation sites is 1. The lowest BCUT2D eigenvalue weighted by molar-refractivity contribution is 0.102. The number of hydrogen-bond donors (Lipinski definition) is 1. The lowest BCUT2D eigenvalue weighted by Crippen LogP contribution is -2.45. The molecule has 0 unspecified atom stereocenters. The molecule has 3 rings (SSSR count). The molecule has 1 saturated heterocycles. The molecular formula is C17H18N6O. The number of nitrogens with zero attached hydrogens (tertiary/aromatic N) is 5. The number of hydrogen-bond acceptors (Lipinski definition) is 6. The average molecular weight is 322 g/mol. The first-order valence-corrected chi connectivity index (χ1v) is 7.74. The summed E-state index contributed by atoms with van der Waals surface area (Å²) in [5.74, 6) is 0.208. The fourth-order valence-electron chi connectivity index (χ4n) is 2.51. The summed E-state index contributed by atoms with van der Waals surface area (Å²) < 4.78 is 0. The van der Waals surface area contributed by atoms with E-state index in [1.807, 2.05) is 0 Å². The summed E-state index contributed by atoms with van der Waals surface area (Å²) >= 11 is 0. The molecule has 1 aliphatic rings. The van der Waals surface area contributed by atoms with E-state index in [4.69, 9.17) is 5.26 Å². The quantitative estimate of drug-likeness (QED) is 0.918. The average Bonchev–Trinajstić information content (AvgIpc) is 2.63. The first-order chi connectivity index (χ1) is 11.7. The Labute approximate surface area is 140 Å². The molecule has 7 heteroatoms. The maximum atomic E-state index is 12.4. The van der Waals surface area contributed by atoms with Gasteiger partial charge < -0.3 is 15.1 Å². The first kappa shape index (κ1) is 15.9. The highest BCUT2D eigenvalue weighted by molar-refractivity contribution is 6.03. The lowest BCUT2D eigenvalue weighted by Gasteiger charge is -2.32. The van der Waals surface area contributed by atoms with E-state index in [9.17, 15) is 4.79 Å². The smallest absolute Gasteiger partial charge is 0.274 e. The molecule has 122 valence electrons. The minimum absolute atomic E-state index is 0.284. The molecule has 1 aromatic carbocycles. The summed E-state index contributed by atoms with van der Waals surface area (Å²) in [6, 6.07) is 10.5.